The van der Waals surface area contributed by atoms with E-state index < -0.39 is 0 Å². The SMILES string of the molecule is CC(C)c1ncc(N(C)Cc2csc(Br)c2)c(CO)n1. The van der Waals surface area contributed by atoms with Gasteiger partial charge in [0.25, 0.3) is 0 Å². The average molecular weight is 356 g/mol. The van der Waals surface area contributed by atoms with Crippen LogP contribution in [0.4, 0.5) is 5.69 Å². The topological polar surface area (TPSA) is 49.2 Å². The number of aliphatic hydroxyl groups excluding tert-OH is 1. The van der Waals surface area contributed by atoms with E-state index in [4.69, 9.17) is 0 Å². The maximum absolute atomic E-state index is 9.52. The van der Waals surface area contributed by atoms with Crippen molar-refractivity contribution >= 4 is 33.0 Å². The summed E-state index contributed by atoms with van der Waals surface area (Å²) >= 11 is 5.13. The molecule has 0 aromatic carbocycles. The Morgan fingerprint density at radius 1 is 1.45 bits per heavy atom. The van der Waals surface area contributed by atoms with Gasteiger partial charge < -0.3 is 10.0 Å². The maximum atomic E-state index is 9.52. The van der Waals surface area contributed by atoms with E-state index in [1.807, 2.05) is 20.9 Å². The molecular weight excluding hydrogens is 338 g/mol. The normalized spacial score (nSPS) is 11.1. The molecule has 108 valence electrons. The number of hydrogen-bond acceptors (Lipinski definition) is 5. The largest absolute Gasteiger partial charge is 0.390 e. The van der Waals surface area contributed by atoms with Crippen molar-refractivity contribution in [3.8, 4) is 0 Å². The van der Waals surface area contributed by atoms with Crippen molar-refractivity contribution in [2.24, 2.45) is 0 Å². The zero-order chi connectivity index (χ0) is 14.7. The highest BCUT2D eigenvalue weighted by Crippen LogP contribution is 2.25. The lowest BCUT2D eigenvalue weighted by molar-refractivity contribution is 0.276. The summed E-state index contributed by atoms with van der Waals surface area (Å²) in [7, 11) is 1.98. The summed E-state index contributed by atoms with van der Waals surface area (Å²) in [4.78, 5) is 10.9. The Kier molecular flexibility index (Phi) is 5.12. The molecule has 0 radical (unpaired) electrons. The lowest BCUT2D eigenvalue weighted by atomic mass is 10.2. The van der Waals surface area contributed by atoms with Crippen LogP contribution >= 0.6 is 27.3 Å². The predicted molar refractivity (Wildman–Crippen MR) is 86.2 cm³/mol. The van der Waals surface area contributed by atoms with Gasteiger partial charge >= 0.3 is 0 Å². The summed E-state index contributed by atoms with van der Waals surface area (Å²) in [5.74, 6) is 1.02. The quantitative estimate of drug-likeness (QED) is 0.890. The smallest absolute Gasteiger partial charge is 0.131 e. The van der Waals surface area contributed by atoms with E-state index >= 15 is 0 Å². The number of rotatable bonds is 5. The number of anilines is 1. The number of thiophene rings is 1. The molecule has 0 amide bonds. The molecule has 1 N–H and O–H groups in total. The fourth-order valence-corrected chi connectivity index (χ4v) is 3.13. The first-order chi connectivity index (χ1) is 9.51. The molecule has 0 spiro atoms. The Morgan fingerprint density at radius 3 is 2.75 bits per heavy atom. The standard InChI is InChI=1S/C14H18BrN3OS/c1-9(2)14-16-5-12(11(7-19)17-14)18(3)6-10-4-13(15)20-8-10/h4-5,8-9,19H,6-7H2,1-3H3. The van der Waals surface area contributed by atoms with Gasteiger partial charge in [-0.25, -0.2) is 9.97 Å². The number of nitrogens with zero attached hydrogens (tertiary/aromatic N) is 3. The molecule has 0 bridgehead atoms. The van der Waals surface area contributed by atoms with Crippen LogP contribution in [-0.4, -0.2) is 22.1 Å². The van der Waals surface area contributed by atoms with Gasteiger partial charge in [0.15, 0.2) is 0 Å². The Balaban J connectivity index is 2.22. The van der Waals surface area contributed by atoms with Crippen LogP contribution in [0, 0.1) is 0 Å². The van der Waals surface area contributed by atoms with Crippen LogP contribution in [0.5, 0.6) is 0 Å². The predicted octanol–water partition coefficient (Wildman–Crippen LogP) is 3.55. The Morgan fingerprint density at radius 2 is 2.20 bits per heavy atom. The Labute approximate surface area is 131 Å². The Hall–Kier alpha value is -0.980. The van der Waals surface area contributed by atoms with Crippen LogP contribution in [0.2, 0.25) is 0 Å². The van der Waals surface area contributed by atoms with Gasteiger partial charge in [0.1, 0.15) is 5.82 Å². The highest BCUT2D eigenvalue weighted by Gasteiger charge is 2.13. The lowest BCUT2D eigenvalue weighted by Crippen LogP contribution is -2.19. The molecule has 20 heavy (non-hydrogen) atoms. The van der Waals surface area contributed by atoms with Gasteiger partial charge in [0.05, 0.1) is 28.0 Å². The third-order valence-corrected chi connectivity index (χ3v) is 4.54. The first kappa shape index (κ1) is 15.4. The number of halogens is 1. The molecule has 4 nitrogen and oxygen atoms in total. The summed E-state index contributed by atoms with van der Waals surface area (Å²) in [5, 5.41) is 11.6. The van der Waals surface area contributed by atoms with Crippen LogP contribution in [0.3, 0.4) is 0 Å². The summed E-state index contributed by atoms with van der Waals surface area (Å²) in [5.41, 5.74) is 2.78. The van der Waals surface area contributed by atoms with E-state index in [-0.39, 0.29) is 12.5 Å². The van der Waals surface area contributed by atoms with Gasteiger partial charge in [0, 0.05) is 19.5 Å². The zero-order valence-electron chi connectivity index (χ0n) is 11.8. The van der Waals surface area contributed by atoms with Crippen LogP contribution in [-0.2, 0) is 13.2 Å². The third-order valence-electron chi connectivity index (χ3n) is 2.98. The van der Waals surface area contributed by atoms with Crippen molar-refractivity contribution in [1.29, 1.82) is 0 Å². The Bertz CT molecular complexity index is 586. The van der Waals surface area contributed by atoms with Gasteiger partial charge in [0.2, 0.25) is 0 Å². The number of hydrogen-bond donors (Lipinski definition) is 1. The molecule has 0 saturated heterocycles. The van der Waals surface area contributed by atoms with Crippen molar-refractivity contribution in [1.82, 2.24) is 9.97 Å². The molecule has 2 rings (SSSR count). The first-order valence-electron chi connectivity index (χ1n) is 6.42. The fraction of sp³-hybridized carbons (Fsp3) is 0.429. The van der Waals surface area contributed by atoms with Crippen molar-refractivity contribution in [2.75, 3.05) is 11.9 Å². The molecule has 0 unspecified atom stereocenters. The van der Waals surface area contributed by atoms with Gasteiger partial charge in [-0.1, -0.05) is 13.8 Å². The molecule has 2 aromatic rings. The van der Waals surface area contributed by atoms with Crippen molar-refractivity contribution < 1.29 is 5.11 Å². The van der Waals surface area contributed by atoms with Crippen LogP contribution in [0.1, 0.15) is 36.8 Å². The molecule has 0 aliphatic rings. The van der Waals surface area contributed by atoms with Crippen LogP contribution in [0.25, 0.3) is 0 Å². The summed E-state index contributed by atoms with van der Waals surface area (Å²) < 4.78 is 1.12. The average Bonchev–Trinajstić information content (AvgIpc) is 2.83. The van der Waals surface area contributed by atoms with Crippen LogP contribution in [0.15, 0.2) is 21.4 Å². The number of aliphatic hydroxyl groups is 1. The van der Waals surface area contributed by atoms with Gasteiger partial charge in [-0.2, -0.15) is 0 Å². The molecule has 0 atom stereocenters. The molecule has 2 aromatic heterocycles. The van der Waals surface area contributed by atoms with E-state index in [9.17, 15) is 5.11 Å². The molecule has 0 fully saturated rings. The van der Waals surface area contributed by atoms with Crippen molar-refractivity contribution in [3.05, 3.63) is 38.5 Å². The van der Waals surface area contributed by atoms with E-state index in [0.29, 0.717) is 5.69 Å². The summed E-state index contributed by atoms with van der Waals surface area (Å²) in [6.45, 7) is 4.78. The zero-order valence-corrected chi connectivity index (χ0v) is 14.2. The highest BCUT2D eigenvalue weighted by molar-refractivity contribution is 9.11. The third kappa shape index (κ3) is 3.56. The minimum absolute atomic E-state index is 0.0742. The minimum Gasteiger partial charge on any atom is -0.390 e. The first-order valence-corrected chi connectivity index (χ1v) is 8.09. The summed E-state index contributed by atoms with van der Waals surface area (Å²) in [6, 6.07) is 2.10. The summed E-state index contributed by atoms with van der Waals surface area (Å²) in [6.07, 6.45) is 1.80. The van der Waals surface area contributed by atoms with E-state index in [1.165, 1.54) is 5.56 Å². The molecule has 0 aliphatic heterocycles. The fourth-order valence-electron chi connectivity index (χ4n) is 1.93. The molecular formula is C14H18BrN3OS. The number of aromatic nitrogens is 2. The van der Waals surface area contributed by atoms with Crippen molar-refractivity contribution in [2.45, 2.75) is 32.9 Å². The lowest BCUT2D eigenvalue weighted by Gasteiger charge is -2.21. The monoisotopic (exact) mass is 355 g/mol. The van der Waals surface area contributed by atoms with Crippen LogP contribution < -0.4 is 4.90 Å². The van der Waals surface area contributed by atoms with Gasteiger partial charge in [-0.15, -0.1) is 11.3 Å². The van der Waals surface area contributed by atoms with Crippen molar-refractivity contribution in [3.63, 3.8) is 0 Å². The van der Waals surface area contributed by atoms with E-state index in [0.717, 1.165) is 21.8 Å². The van der Waals surface area contributed by atoms with E-state index in [1.54, 1.807) is 17.5 Å². The molecule has 6 heteroatoms. The second-order valence-corrected chi connectivity index (χ2v) is 7.28. The minimum atomic E-state index is -0.0742. The molecule has 0 saturated carbocycles. The molecule has 2 heterocycles. The second-order valence-electron chi connectivity index (χ2n) is 4.99. The second kappa shape index (κ2) is 6.65. The highest BCUT2D eigenvalue weighted by atomic mass is 79.9. The molecule has 0 aliphatic carbocycles. The van der Waals surface area contributed by atoms with E-state index in [2.05, 4.69) is 42.2 Å². The van der Waals surface area contributed by atoms with Gasteiger partial charge in [-0.05, 0) is 32.9 Å². The maximum Gasteiger partial charge on any atom is 0.131 e. The van der Waals surface area contributed by atoms with Gasteiger partial charge in [-0.3, -0.25) is 0 Å².